The first-order valence-electron chi connectivity index (χ1n) is 6.36. The zero-order valence-corrected chi connectivity index (χ0v) is 11.1. The van der Waals surface area contributed by atoms with Crippen LogP contribution in [0.3, 0.4) is 0 Å². The molecule has 2 aromatic rings. The number of allylic oxidation sites excluding steroid dienone is 1. The number of rotatable bonds is 4. The Morgan fingerprint density at radius 1 is 1.37 bits per heavy atom. The Morgan fingerprint density at radius 2 is 2.16 bits per heavy atom. The Morgan fingerprint density at radius 3 is 2.84 bits per heavy atom. The lowest BCUT2D eigenvalue weighted by Gasteiger charge is -2.03. The Hall–Kier alpha value is -2.16. The van der Waals surface area contributed by atoms with Gasteiger partial charge >= 0.3 is 5.97 Å². The topological polar surface area (TPSA) is 50.2 Å². The van der Waals surface area contributed by atoms with E-state index in [9.17, 15) is 9.90 Å². The lowest BCUT2D eigenvalue weighted by molar-refractivity contribution is 0.0699. The minimum atomic E-state index is -0.921. The Labute approximate surface area is 112 Å². The summed E-state index contributed by atoms with van der Waals surface area (Å²) >= 11 is 0. The van der Waals surface area contributed by atoms with Gasteiger partial charge in [0.15, 0.2) is 0 Å². The maximum absolute atomic E-state index is 11.2. The summed E-state index contributed by atoms with van der Waals surface area (Å²) in [4.78, 5) is 15.4. The molecule has 0 aliphatic carbocycles. The molecule has 98 valence electrons. The van der Waals surface area contributed by atoms with Gasteiger partial charge < -0.3 is 5.11 Å². The van der Waals surface area contributed by atoms with Crippen LogP contribution in [0, 0.1) is 5.92 Å². The molecule has 1 N–H and O–H groups in total. The maximum atomic E-state index is 11.2. The van der Waals surface area contributed by atoms with Gasteiger partial charge in [-0.15, -0.1) is 0 Å². The number of carbonyl (C=O) groups is 1. The molecule has 1 heterocycles. The van der Waals surface area contributed by atoms with E-state index < -0.39 is 5.97 Å². The third kappa shape index (κ3) is 3.19. The molecular formula is C16H17NO2. The van der Waals surface area contributed by atoms with Gasteiger partial charge in [-0.3, -0.25) is 4.98 Å². The first-order valence-corrected chi connectivity index (χ1v) is 6.36. The lowest BCUT2D eigenvalue weighted by Crippen LogP contribution is -1.98. The van der Waals surface area contributed by atoms with Gasteiger partial charge in [-0.05, 0) is 36.1 Å². The van der Waals surface area contributed by atoms with Crippen molar-refractivity contribution in [3.8, 4) is 0 Å². The molecule has 3 heteroatoms. The van der Waals surface area contributed by atoms with E-state index in [-0.39, 0.29) is 0 Å². The summed E-state index contributed by atoms with van der Waals surface area (Å²) < 4.78 is 0. The molecule has 1 aromatic heterocycles. The summed E-state index contributed by atoms with van der Waals surface area (Å²) in [7, 11) is 0. The lowest BCUT2D eigenvalue weighted by atomic mass is 10.0. The van der Waals surface area contributed by atoms with E-state index in [0.29, 0.717) is 22.4 Å². The Bertz CT molecular complexity index is 630. The van der Waals surface area contributed by atoms with Crippen LogP contribution in [-0.4, -0.2) is 16.1 Å². The van der Waals surface area contributed by atoms with Crippen LogP contribution < -0.4 is 0 Å². The van der Waals surface area contributed by atoms with Crippen molar-refractivity contribution in [2.75, 3.05) is 0 Å². The number of nitrogens with zero attached hydrogens (tertiary/aromatic N) is 1. The quantitative estimate of drug-likeness (QED) is 0.898. The van der Waals surface area contributed by atoms with Crippen LogP contribution in [0.2, 0.25) is 0 Å². The van der Waals surface area contributed by atoms with Gasteiger partial charge in [-0.1, -0.05) is 32.1 Å². The standard InChI is InChI=1S/C16H17NO2/c1-11(2)4-3-5-12-6-7-15-14(10-12)13(16(18)19)8-9-17-15/h3,5-11H,4H2,1-2H3,(H,18,19)/b5-3+. The van der Waals surface area contributed by atoms with Crippen LogP contribution in [0.1, 0.15) is 36.2 Å². The summed E-state index contributed by atoms with van der Waals surface area (Å²) in [5, 5.41) is 9.86. The number of carboxylic acid groups (broad SMARTS) is 1. The molecule has 0 saturated carbocycles. The number of pyridine rings is 1. The van der Waals surface area contributed by atoms with Crippen molar-refractivity contribution in [1.29, 1.82) is 0 Å². The van der Waals surface area contributed by atoms with Gasteiger partial charge in [-0.25, -0.2) is 4.79 Å². The highest BCUT2D eigenvalue weighted by Gasteiger charge is 2.08. The number of aromatic carboxylic acids is 1. The van der Waals surface area contributed by atoms with Crippen LogP contribution in [0.25, 0.3) is 17.0 Å². The predicted molar refractivity (Wildman–Crippen MR) is 77.2 cm³/mol. The summed E-state index contributed by atoms with van der Waals surface area (Å²) in [6, 6.07) is 7.23. The molecular weight excluding hydrogens is 238 g/mol. The molecule has 0 saturated heterocycles. The molecule has 0 radical (unpaired) electrons. The fourth-order valence-electron chi connectivity index (χ4n) is 1.93. The van der Waals surface area contributed by atoms with Gasteiger partial charge in [0.2, 0.25) is 0 Å². The normalized spacial score (nSPS) is 11.5. The Balaban J connectivity index is 2.41. The molecule has 0 atom stereocenters. The van der Waals surface area contributed by atoms with E-state index >= 15 is 0 Å². The number of carboxylic acids is 1. The second-order valence-electron chi connectivity index (χ2n) is 4.97. The van der Waals surface area contributed by atoms with Crippen LogP contribution in [0.5, 0.6) is 0 Å². The number of hydrogen-bond donors (Lipinski definition) is 1. The molecule has 0 unspecified atom stereocenters. The molecule has 0 spiro atoms. The molecule has 0 aliphatic rings. The predicted octanol–water partition coefficient (Wildman–Crippen LogP) is 3.99. The first kappa shape index (κ1) is 13.3. The highest BCUT2D eigenvalue weighted by atomic mass is 16.4. The van der Waals surface area contributed by atoms with E-state index in [1.54, 1.807) is 0 Å². The monoisotopic (exact) mass is 255 g/mol. The minimum Gasteiger partial charge on any atom is -0.478 e. The zero-order valence-electron chi connectivity index (χ0n) is 11.1. The van der Waals surface area contributed by atoms with E-state index in [0.717, 1.165) is 12.0 Å². The smallest absolute Gasteiger partial charge is 0.336 e. The number of benzene rings is 1. The maximum Gasteiger partial charge on any atom is 0.336 e. The van der Waals surface area contributed by atoms with Crippen molar-refractivity contribution in [3.05, 3.63) is 47.7 Å². The summed E-state index contributed by atoms with van der Waals surface area (Å²) in [5.74, 6) is -0.302. The molecule has 19 heavy (non-hydrogen) atoms. The van der Waals surface area contributed by atoms with Gasteiger partial charge in [-0.2, -0.15) is 0 Å². The van der Waals surface area contributed by atoms with E-state index in [2.05, 4.69) is 24.9 Å². The molecule has 2 rings (SSSR count). The van der Waals surface area contributed by atoms with Gasteiger partial charge in [0, 0.05) is 11.6 Å². The average Bonchev–Trinajstić information content (AvgIpc) is 2.37. The number of fused-ring (bicyclic) bond motifs is 1. The molecule has 0 amide bonds. The fourth-order valence-corrected chi connectivity index (χ4v) is 1.93. The van der Waals surface area contributed by atoms with Crippen LogP contribution >= 0.6 is 0 Å². The summed E-state index contributed by atoms with van der Waals surface area (Å²) in [6.07, 6.45) is 6.68. The van der Waals surface area contributed by atoms with Gasteiger partial charge in [0.1, 0.15) is 0 Å². The highest BCUT2D eigenvalue weighted by Crippen LogP contribution is 2.19. The van der Waals surface area contributed by atoms with E-state index in [4.69, 9.17) is 0 Å². The van der Waals surface area contributed by atoms with Crippen molar-refractivity contribution >= 4 is 22.9 Å². The molecule has 1 aromatic carbocycles. The minimum absolute atomic E-state index is 0.295. The molecule has 0 fully saturated rings. The van der Waals surface area contributed by atoms with Crippen LogP contribution in [0.4, 0.5) is 0 Å². The second kappa shape index (κ2) is 5.65. The first-order chi connectivity index (χ1) is 9.08. The number of aromatic nitrogens is 1. The van der Waals surface area contributed by atoms with Gasteiger partial charge in [0.05, 0.1) is 11.1 Å². The molecule has 0 aliphatic heterocycles. The number of hydrogen-bond acceptors (Lipinski definition) is 2. The summed E-state index contributed by atoms with van der Waals surface area (Å²) in [5.41, 5.74) is 2.01. The van der Waals surface area contributed by atoms with Crippen molar-refractivity contribution in [1.82, 2.24) is 4.98 Å². The Kier molecular flexibility index (Phi) is 3.95. The van der Waals surface area contributed by atoms with Gasteiger partial charge in [0.25, 0.3) is 0 Å². The van der Waals surface area contributed by atoms with Crippen LogP contribution in [0.15, 0.2) is 36.5 Å². The van der Waals surface area contributed by atoms with Crippen molar-refractivity contribution in [2.24, 2.45) is 5.92 Å². The van der Waals surface area contributed by atoms with Crippen molar-refractivity contribution < 1.29 is 9.90 Å². The van der Waals surface area contributed by atoms with Crippen molar-refractivity contribution in [3.63, 3.8) is 0 Å². The summed E-state index contributed by atoms with van der Waals surface area (Å²) in [6.45, 7) is 4.33. The van der Waals surface area contributed by atoms with Crippen molar-refractivity contribution in [2.45, 2.75) is 20.3 Å². The SMILES string of the molecule is CC(C)C/C=C/c1ccc2nccc(C(=O)O)c2c1. The molecule has 3 nitrogen and oxygen atoms in total. The van der Waals surface area contributed by atoms with E-state index in [1.165, 1.54) is 12.3 Å². The van der Waals surface area contributed by atoms with Crippen LogP contribution in [-0.2, 0) is 0 Å². The highest BCUT2D eigenvalue weighted by molar-refractivity contribution is 6.02. The van der Waals surface area contributed by atoms with E-state index in [1.807, 2.05) is 24.3 Å². The third-order valence-electron chi connectivity index (χ3n) is 2.91. The average molecular weight is 255 g/mol. The fraction of sp³-hybridized carbons (Fsp3) is 0.250. The largest absolute Gasteiger partial charge is 0.478 e. The molecule has 0 bridgehead atoms. The zero-order chi connectivity index (χ0) is 13.8. The third-order valence-corrected chi connectivity index (χ3v) is 2.91. The second-order valence-corrected chi connectivity index (χ2v) is 4.97.